The van der Waals surface area contributed by atoms with E-state index in [0.29, 0.717) is 6.04 Å². The van der Waals surface area contributed by atoms with Gasteiger partial charge in [-0.2, -0.15) is 0 Å². The topological polar surface area (TPSA) is 29.1 Å². The molecule has 0 heterocycles. The van der Waals surface area contributed by atoms with Gasteiger partial charge in [0.05, 0.1) is 0 Å². The van der Waals surface area contributed by atoms with Gasteiger partial charge in [-0.05, 0) is 18.4 Å². The van der Waals surface area contributed by atoms with Gasteiger partial charge in [-0.25, -0.2) is 0 Å². The molecule has 0 spiro atoms. The first kappa shape index (κ1) is 14.6. The lowest BCUT2D eigenvalue weighted by atomic mass is 9.96. The maximum absolute atomic E-state index is 12.3. The third kappa shape index (κ3) is 4.64. The third-order valence-corrected chi connectivity index (χ3v) is 4.72. The molecule has 1 atom stereocenters. The number of carbonyl (C=O) groups excluding carboxylic acids is 1. The maximum Gasteiger partial charge on any atom is 0.238 e. The number of nitrogens with one attached hydrogen (secondary N) is 1. The monoisotopic (exact) mass is 323 g/mol. The highest BCUT2D eigenvalue weighted by atomic mass is 79.9. The van der Waals surface area contributed by atoms with Crippen molar-refractivity contribution in [1.82, 2.24) is 5.32 Å². The minimum absolute atomic E-state index is 0.0942. The molecule has 2 nitrogen and oxygen atoms in total. The van der Waals surface area contributed by atoms with Crippen molar-refractivity contribution in [1.29, 1.82) is 0 Å². The molecule has 1 aliphatic rings. The number of alkyl halides is 1. The molecule has 1 aliphatic carbocycles. The van der Waals surface area contributed by atoms with Crippen molar-refractivity contribution in [2.24, 2.45) is 0 Å². The van der Waals surface area contributed by atoms with E-state index >= 15 is 0 Å². The molecular weight excluding hydrogens is 302 g/mol. The van der Waals surface area contributed by atoms with Crippen molar-refractivity contribution < 1.29 is 4.79 Å². The first-order chi connectivity index (χ1) is 9.27. The summed E-state index contributed by atoms with van der Waals surface area (Å²) in [4.78, 5) is 12.0. The van der Waals surface area contributed by atoms with Gasteiger partial charge in [0.2, 0.25) is 5.91 Å². The smallest absolute Gasteiger partial charge is 0.238 e. The lowest BCUT2D eigenvalue weighted by Crippen LogP contribution is -2.37. The number of carbonyl (C=O) groups is 1. The fourth-order valence-electron chi connectivity index (χ4n) is 2.65. The Balaban J connectivity index is 1.88. The van der Waals surface area contributed by atoms with Crippen molar-refractivity contribution in [2.45, 2.75) is 55.8 Å². The van der Waals surface area contributed by atoms with Crippen LogP contribution in [0.4, 0.5) is 0 Å². The predicted octanol–water partition coefficient (Wildman–Crippen LogP) is 4.35. The van der Waals surface area contributed by atoms with Crippen LogP contribution < -0.4 is 5.32 Å². The lowest BCUT2D eigenvalue weighted by molar-refractivity contribution is -0.121. The van der Waals surface area contributed by atoms with Gasteiger partial charge in [-0.15, -0.1) is 0 Å². The van der Waals surface area contributed by atoms with Crippen LogP contribution in [0.5, 0.6) is 0 Å². The van der Waals surface area contributed by atoms with Gasteiger partial charge >= 0.3 is 0 Å². The van der Waals surface area contributed by atoms with E-state index in [9.17, 15) is 4.79 Å². The molecule has 2 rings (SSSR count). The van der Waals surface area contributed by atoms with E-state index < -0.39 is 0 Å². The largest absolute Gasteiger partial charge is 0.352 e. The van der Waals surface area contributed by atoms with Crippen LogP contribution in [0.3, 0.4) is 0 Å². The van der Waals surface area contributed by atoms with Crippen LogP contribution in [0.25, 0.3) is 0 Å². The summed E-state index contributed by atoms with van der Waals surface area (Å²) in [6.07, 6.45) is 8.70. The Bertz CT molecular complexity index is 385. The van der Waals surface area contributed by atoms with Gasteiger partial charge in [-0.3, -0.25) is 4.79 Å². The van der Waals surface area contributed by atoms with Crippen LogP contribution >= 0.6 is 15.9 Å². The summed E-state index contributed by atoms with van der Waals surface area (Å²) in [5, 5.41) is 3.20. The van der Waals surface area contributed by atoms with Crippen molar-refractivity contribution in [3.8, 4) is 0 Å². The van der Waals surface area contributed by atoms with Gasteiger partial charge in [0.1, 0.15) is 4.83 Å². The highest BCUT2D eigenvalue weighted by molar-refractivity contribution is 9.09. The van der Waals surface area contributed by atoms with E-state index in [1.807, 2.05) is 30.3 Å². The summed E-state index contributed by atoms with van der Waals surface area (Å²) >= 11 is 3.50. The Morgan fingerprint density at radius 2 is 1.63 bits per heavy atom. The molecule has 1 N–H and O–H groups in total. The average molecular weight is 324 g/mol. The number of benzene rings is 1. The Kier molecular flexibility index (Phi) is 5.90. The molecule has 0 aliphatic heterocycles. The first-order valence-corrected chi connectivity index (χ1v) is 8.18. The molecular formula is C16H22BrNO. The molecule has 0 bridgehead atoms. The summed E-state index contributed by atoms with van der Waals surface area (Å²) < 4.78 is 0. The van der Waals surface area contributed by atoms with Gasteiger partial charge in [0, 0.05) is 6.04 Å². The Morgan fingerprint density at radius 3 is 2.26 bits per heavy atom. The number of amides is 1. The normalized spacial score (nSPS) is 19.2. The Hall–Kier alpha value is -0.830. The van der Waals surface area contributed by atoms with E-state index in [4.69, 9.17) is 0 Å². The predicted molar refractivity (Wildman–Crippen MR) is 82.4 cm³/mol. The van der Waals surface area contributed by atoms with Gasteiger partial charge < -0.3 is 5.32 Å². The second-order valence-corrected chi connectivity index (χ2v) is 6.24. The molecule has 1 fully saturated rings. The zero-order chi connectivity index (χ0) is 13.5. The molecule has 0 saturated heterocycles. The molecule has 1 aromatic rings. The second-order valence-electron chi connectivity index (χ2n) is 5.32. The highest BCUT2D eigenvalue weighted by Gasteiger charge is 2.20. The average Bonchev–Trinajstić information content (AvgIpc) is 2.41. The third-order valence-electron chi connectivity index (χ3n) is 3.77. The molecule has 3 heteroatoms. The summed E-state index contributed by atoms with van der Waals surface area (Å²) in [5.41, 5.74) is 1.02. The van der Waals surface area contributed by atoms with Crippen LogP contribution in [0, 0.1) is 0 Å². The van der Waals surface area contributed by atoms with Crippen molar-refractivity contribution in [2.75, 3.05) is 0 Å². The summed E-state index contributed by atoms with van der Waals surface area (Å²) in [6.45, 7) is 0. The fraction of sp³-hybridized carbons (Fsp3) is 0.562. The van der Waals surface area contributed by atoms with Crippen molar-refractivity contribution >= 4 is 21.8 Å². The van der Waals surface area contributed by atoms with Gasteiger partial charge in [0.25, 0.3) is 0 Å². The molecule has 104 valence electrons. The van der Waals surface area contributed by atoms with Crippen LogP contribution in [-0.2, 0) is 4.79 Å². The quantitative estimate of drug-likeness (QED) is 0.823. The van der Waals surface area contributed by atoms with E-state index in [0.717, 1.165) is 18.4 Å². The van der Waals surface area contributed by atoms with Gasteiger partial charge in [-0.1, -0.05) is 78.4 Å². The van der Waals surface area contributed by atoms with Crippen LogP contribution in [0.15, 0.2) is 30.3 Å². The molecule has 0 unspecified atom stereocenters. The summed E-state index contributed by atoms with van der Waals surface area (Å²) in [6, 6.07) is 10.2. The molecule has 0 radical (unpaired) electrons. The molecule has 0 aromatic heterocycles. The van der Waals surface area contributed by atoms with Crippen molar-refractivity contribution in [3.05, 3.63) is 35.9 Å². The number of hydrogen-bond donors (Lipinski definition) is 1. The number of halogens is 1. The SMILES string of the molecule is O=C(NC1CCCCCCC1)[C@@H](Br)c1ccccc1. The van der Waals surface area contributed by atoms with Crippen LogP contribution in [0.2, 0.25) is 0 Å². The standard InChI is InChI=1S/C16H22BrNO/c17-15(13-9-5-4-6-10-13)16(19)18-14-11-7-2-1-3-8-12-14/h4-6,9-10,14-15H,1-3,7-8,11-12H2,(H,18,19)/t15-/m0/s1. The minimum Gasteiger partial charge on any atom is -0.352 e. The maximum atomic E-state index is 12.3. The van der Waals surface area contributed by atoms with E-state index in [1.165, 1.54) is 32.1 Å². The Labute approximate surface area is 124 Å². The highest BCUT2D eigenvalue weighted by Crippen LogP contribution is 2.24. The van der Waals surface area contributed by atoms with Crippen LogP contribution in [0.1, 0.15) is 55.3 Å². The molecule has 19 heavy (non-hydrogen) atoms. The van der Waals surface area contributed by atoms with E-state index in [1.54, 1.807) is 0 Å². The fourth-order valence-corrected chi connectivity index (χ4v) is 3.09. The zero-order valence-electron chi connectivity index (χ0n) is 11.3. The zero-order valence-corrected chi connectivity index (χ0v) is 12.9. The second kappa shape index (κ2) is 7.68. The lowest BCUT2D eigenvalue weighted by Gasteiger charge is -2.22. The number of rotatable bonds is 3. The van der Waals surface area contributed by atoms with Crippen LogP contribution in [-0.4, -0.2) is 11.9 Å². The molecule has 1 saturated carbocycles. The molecule has 1 aromatic carbocycles. The van der Waals surface area contributed by atoms with E-state index in [-0.39, 0.29) is 10.7 Å². The van der Waals surface area contributed by atoms with Crippen molar-refractivity contribution in [3.63, 3.8) is 0 Å². The van der Waals surface area contributed by atoms with E-state index in [2.05, 4.69) is 21.2 Å². The molecule has 1 amide bonds. The summed E-state index contributed by atoms with van der Waals surface area (Å²) in [7, 11) is 0. The minimum atomic E-state index is -0.237. The Morgan fingerprint density at radius 1 is 1.05 bits per heavy atom. The first-order valence-electron chi connectivity index (χ1n) is 7.27. The van der Waals surface area contributed by atoms with Gasteiger partial charge in [0.15, 0.2) is 0 Å². The summed E-state index contributed by atoms with van der Waals surface area (Å²) in [5.74, 6) is 0.0942. The number of hydrogen-bond acceptors (Lipinski definition) is 1.